The molecular formula is C24H36N4O. The molecule has 2 aliphatic heterocycles. The van der Waals surface area contributed by atoms with Crippen molar-refractivity contribution in [3.63, 3.8) is 0 Å². The average molecular weight is 397 g/mol. The van der Waals surface area contributed by atoms with E-state index in [1.165, 1.54) is 51.9 Å². The summed E-state index contributed by atoms with van der Waals surface area (Å²) in [4.78, 5) is 20.5. The summed E-state index contributed by atoms with van der Waals surface area (Å²) in [5, 5.41) is 1.07. The zero-order valence-corrected chi connectivity index (χ0v) is 18.3. The van der Waals surface area contributed by atoms with Gasteiger partial charge in [-0.15, -0.1) is 0 Å². The lowest BCUT2D eigenvalue weighted by Crippen LogP contribution is -2.48. The van der Waals surface area contributed by atoms with E-state index in [4.69, 9.17) is 0 Å². The van der Waals surface area contributed by atoms with Crippen molar-refractivity contribution in [2.45, 2.75) is 38.6 Å². The van der Waals surface area contributed by atoms with Crippen molar-refractivity contribution in [1.29, 1.82) is 0 Å². The van der Waals surface area contributed by atoms with E-state index in [1.54, 1.807) is 0 Å². The van der Waals surface area contributed by atoms with Gasteiger partial charge in [-0.25, -0.2) is 0 Å². The maximum Gasteiger partial charge on any atom is 0.256 e. The van der Waals surface area contributed by atoms with Crippen molar-refractivity contribution in [3.05, 3.63) is 36.0 Å². The minimum Gasteiger partial charge on any atom is -0.350 e. The SMILES string of the molecule is CCN(CC1CCN(C2CCN(C)CC2)CC1)C(=O)c1cn(C)c2ccccc12. The molecule has 5 heteroatoms. The van der Waals surface area contributed by atoms with Crippen LogP contribution in [0.25, 0.3) is 10.9 Å². The number of carbonyl (C=O) groups is 1. The van der Waals surface area contributed by atoms with E-state index < -0.39 is 0 Å². The molecule has 1 aromatic carbocycles. The van der Waals surface area contributed by atoms with Crippen LogP contribution < -0.4 is 0 Å². The minimum absolute atomic E-state index is 0.182. The second kappa shape index (κ2) is 8.88. The van der Waals surface area contributed by atoms with Crippen LogP contribution in [0.4, 0.5) is 0 Å². The van der Waals surface area contributed by atoms with Crippen LogP contribution in [0.5, 0.6) is 0 Å². The lowest BCUT2D eigenvalue weighted by molar-refractivity contribution is 0.0612. The van der Waals surface area contributed by atoms with Gasteiger partial charge in [-0.2, -0.15) is 0 Å². The van der Waals surface area contributed by atoms with Gasteiger partial charge in [-0.1, -0.05) is 18.2 Å². The summed E-state index contributed by atoms with van der Waals surface area (Å²) in [5.74, 6) is 0.804. The molecule has 2 aliphatic rings. The molecule has 2 aromatic rings. The van der Waals surface area contributed by atoms with Crippen LogP contribution in [-0.4, -0.2) is 77.5 Å². The summed E-state index contributed by atoms with van der Waals surface area (Å²) in [6.07, 6.45) is 7.04. The molecule has 0 unspecified atom stereocenters. The molecule has 3 heterocycles. The number of para-hydroxylation sites is 1. The van der Waals surface area contributed by atoms with Crippen LogP contribution in [-0.2, 0) is 7.05 Å². The Morgan fingerprint density at radius 3 is 2.41 bits per heavy atom. The van der Waals surface area contributed by atoms with Gasteiger partial charge >= 0.3 is 0 Å². The molecule has 0 saturated carbocycles. The molecule has 2 saturated heterocycles. The quantitative estimate of drug-likeness (QED) is 0.776. The van der Waals surface area contributed by atoms with Gasteiger partial charge in [-0.3, -0.25) is 4.79 Å². The lowest BCUT2D eigenvalue weighted by atomic mass is 9.93. The number of hydrogen-bond acceptors (Lipinski definition) is 3. The van der Waals surface area contributed by atoms with Gasteiger partial charge in [-0.05, 0) is 77.8 Å². The van der Waals surface area contributed by atoms with Gasteiger partial charge in [0.2, 0.25) is 0 Å². The maximum absolute atomic E-state index is 13.3. The number of amides is 1. The Morgan fingerprint density at radius 2 is 1.72 bits per heavy atom. The number of carbonyl (C=O) groups excluding carboxylic acids is 1. The van der Waals surface area contributed by atoms with Crippen molar-refractivity contribution in [1.82, 2.24) is 19.3 Å². The number of aryl methyl sites for hydroxylation is 1. The zero-order valence-electron chi connectivity index (χ0n) is 18.3. The number of likely N-dealkylation sites (tertiary alicyclic amines) is 2. The van der Waals surface area contributed by atoms with Crippen molar-refractivity contribution in [2.75, 3.05) is 46.3 Å². The van der Waals surface area contributed by atoms with Crippen molar-refractivity contribution in [3.8, 4) is 0 Å². The smallest absolute Gasteiger partial charge is 0.256 e. The number of hydrogen-bond donors (Lipinski definition) is 0. The second-order valence-corrected chi connectivity index (χ2v) is 9.03. The molecule has 0 N–H and O–H groups in total. The molecule has 0 spiro atoms. The monoisotopic (exact) mass is 396 g/mol. The Morgan fingerprint density at radius 1 is 1.03 bits per heavy atom. The van der Waals surface area contributed by atoms with E-state index in [-0.39, 0.29) is 5.91 Å². The van der Waals surface area contributed by atoms with Gasteiger partial charge < -0.3 is 19.3 Å². The number of fused-ring (bicyclic) bond motifs is 1. The highest BCUT2D eigenvalue weighted by Gasteiger charge is 2.29. The molecule has 0 atom stereocenters. The molecule has 5 nitrogen and oxygen atoms in total. The second-order valence-electron chi connectivity index (χ2n) is 9.03. The molecule has 2 fully saturated rings. The molecule has 0 bridgehead atoms. The van der Waals surface area contributed by atoms with Crippen molar-refractivity contribution in [2.24, 2.45) is 13.0 Å². The fourth-order valence-electron chi connectivity index (χ4n) is 5.21. The summed E-state index contributed by atoms with van der Waals surface area (Å²) in [5.41, 5.74) is 1.96. The Kier molecular flexibility index (Phi) is 6.26. The average Bonchev–Trinajstić information content (AvgIpc) is 3.09. The maximum atomic E-state index is 13.3. The molecule has 0 radical (unpaired) electrons. The molecule has 4 rings (SSSR count). The van der Waals surface area contributed by atoms with Gasteiger partial charge in [0, 0.05) is 43.3 Å². The minimum atomic E-state index is 0.182. The summed E-state index contributed by atoms with van der Waals surface area (Å²) in [6, 6.07) is 8.98. The number of rotatable bonds is 5. The van der Waals surface area contributed by atoms with Crippen LogP contribution in [0.3, 0.4) is 0 Å². The predicted molar refractivity (Wildman–Crippen MR) is 119 cm³/mol. The van der Waals surface area contributed by atoms with Crippen LogP contribution in [0.2, 0.25) is 0 Å². The molecule has 0 aliphatic carbocycles. The van der Waals surface area contributed by atoms with Crippen molar-refractivity contribution >= 4 is 16.8 Å². The summed E-state index contributed by atoms with van der Waals surface area (Å²) >= 11 is 0. The molecule has 1 amide bonds. The van der Waals surface area contributed by atoms with Crippen LogP contribution >= 0.6 is 0 Å². The highest BCUT2D eigenvalue weighted by molar-refractivity contribution is 6.06. The summed E-state index contributed by atoms with van der Waals surface area (Å²) in [6.45, 7) is 8.62. The van der Waals surface area contributed by atoms with E-state index in [1.807, 2.05) is 25.4 Å². The molecule has 1 aromatic heterocycles. The lowest BCUT2D eigenvalue weighted by Gasteiger charge is -2.41. The normalized spacial score (nSPS) is 20.4. The zero-order chi connectivity index (χ0) is 20.4. The van der Waals surface area contributed by atoms with Gasteiger partial charge in [0.15, 0.2) is 0 Å². The van der Waals surface area contributed by atoms with E-state index >= 15 is 0 Å². The van der Waals surface area contributed by atoms with Crippen molar-refractivity contribution < 1.29 is 4.79 Å². The highest BCUT2D eigenvalue weighted by atomic mass is 16.2. The van der Waals surface area contributed by atoms with E-state index in [9.17, 15) is 4.79 Å². The highest BCUT2D eigenvalue weighted by Crippen LogP contribution is 2.26. The molecule has 29 heavy (non-hydrogen) atoms. The summed E-state index contributed by atoms with van der Waals surface area (Å²) in [7, 11) is 4.25. The number of piperidine rings is 2. The summed E-state index contributed by atoms with van der Waals surface area (Å²) < 4.78 is 2.07. The predicted octanol–water partition coefficient (Wildman–Crippen LogP) is 3.45. The topological polar surface area (TPSA) is 31.7 Å². The Bertz CT molecular complexity index is 829. The first-order valence-corrected chi connectivity index (χ1v) is 11.3. The largest absolute Gasteiger partial charge is 0.350 e. The van der Waals surface area contributed by atoms with Crippen LogP contribution in [0, 0.1) is 5.92 Å². The first-order valence-electron chi connectivity index (χ1n) is 11.3. The number of benzene rings is 1. The Balaban J connectivity index is 1.36. The molecule has 158 valence electrons. The third kappa shape index (κ3) is 4.36. The van der Waals surface area contributed by atoms with Gasteiger partial charge in [0.05, 0.1) is 5.56 Å². The van der Waals surface area contributed by atoms with Crippen LogP contribution in [0.15, 0.2) is 30.5 Å². The standard InChI is InChI=1S/C24H36N4O/c1-4-27(24(29)22-18-26(3)23-8-6-5-7-21(22)23)17-19-9-15-28(16-10-19)20-11-13-25(2)14-12-20/h5-8,18-20H,4,9-17H2,1-3H3. The fourth-order valence-corrected chi connectivity index (χ4v) is 5.21. The number of aromatic nitrogens is 1. The number of nitrogens with zero attached hydrogens (tertiary/aromatic N) is 4. The van der Waals surface area contributed by atoms with Gasteiger partial charge in [0.25, 0.3) is 5.91 Å². The first-order chi connectivity index (χ1) is 14.1. The van der Waals surface area contributed by atoms with Gasteiger partial charge in [0.1, 0.15) is 0 Å². The Labute approximate surface area is 175 Å². The first kappa shape index (κ1) is 20.4. The van der Waals surface area contributed by atoms with E-state index in [0.717, 1.165) is 35.6 Å². The van der Waals surface area contributed by atoms with Crippen LogP contribution in [0.1, 0.15) is 43.0 Å². The Hall–Kier alpha value is -1.85. The molecular weight excluding hydrogens is 360 g/mol. The van der Waals surface area contributed by atoms with E-state index in [2.05, 4.69) is 45.4 Å². The third-order valence-electron chi connectivity index (χ3n) is 7.13. The third-order valence-corrected chi connectivity index (χ3v) is 7.13. The fraction of sp³-hybridized carbons (Fsp3) is 0.625. The van der Waals surface area contributed by atoms with E-state index in [0.29, 0.717) is 5.92 Å².